The van der Waals surface area contributed by atoms with E-state index >= 15 is 0 Å². The van der Waals surface area contributed by atoms with Crippen molar-refractivity contribution in [2.24, 2.45) is 9.98 Å². The molecule has 144 valence electrons. The molecule has 4 N–H and O–H groups in total. The molecular formula is C19H22N2O6. The normalized spacial score (nSPS) is 8.74. The molecule has 2 rings (SSSR count). The standard InChI is InChI=1S/C15H10N2O2.2C2H6O2/c18-10-16-14-5-1-12(2-6-14)9-13-3-7-15(8-4-13)17-11-19;2*3-1-2-4/h1-8H,9H2;2*3-4H,1-2H2. The zero-order valence-electron chi connectivity index (χ0n) is 14.7. The summed E-state index contributed by atoms with van der Waals surface area (Å²) in [6.45, 7) is -0.500. The van der Waals surface area contributed by atoms with Gasteiger partial charge in [0.1, 0.15) is 0 Å². The van der Waals surface area contributed by atoms with E-state index in [1.807, 2.05) is 24.3 Å². The Morgan fingerprint density at radius 2 is 0.889 bits per heavy atom. The van der Waals surface area contributed by atoms with Gasteiger partial charge in [0.25, 0.3) is 0 Å². The maximum absolute atomic E-state index is 10.1. The van der Waals surface area contributed by atoms with Crippen molar-refractivity contribution in [2.45, 2.75) is 6.42 Å². The van der Waals surface area contributed by atoms with Crippen LogP contribution in [0.5, 0.6) is 0 Å². The van der Waals surface area contributed by atoms with Gasteiger partial charge in [-0.2, -0.15) is 9.98 Å². The summed E-state index contributed by atoms with van der Waals surface area (Å²) in [5.74, 6) is 0. The molecule has 2 aromatic carbocycles. The first-order chi connectivity index (χ1) is 13.1. The number of hydrogen-bond acceptors (Lipinski definition) is 8. The summed E-state index contributed by atoms with van der Waals surface area (Å²) in [6.07, 6.45) is 3.77. The molecule has 0 aliphatic rings. The van der Waals surface area contributed by atoms with Crippen LogP contribution >= 0.6 is 0 Å². The number of hydrogen-bond donors (Lipinski definition) is 4. The van der Waals surface area contributed by atoms with Crippen molar-refractivity contribution in [3.8, 4) is 0 Å². The van der Waals surface area contributed by atoms with Gasteiger partial charge in [-0.3, -0.25) is 0 Å². The third-order valence-corrected chi connectivity index (χ3v) is 2.83. The van der Waals surface area contributed by atoms with Crippen molar-refractivity contribution in [3.63, 3.8) is 0 Å². The van der Waals surface area contributed by atoms with Gasteiger partial charge in [-0.05, 0) is 41.8 Å². The van der Waals surface area contributed by atoms with Crippen molar-refractivity contribution in [1.82, 2.24) is 0 Å². The lowest BCUT2D eigenvalue weighted by Gasteiger charge is -2.02. The number of carbonyl (C=O) groups excluding carboxylic acids is 2. The number of nitrogens with zero attached hydrogens (tertiary/aromatic N) is 2. The molecule has 0 fully saturated rings. The predicted molar refractivity (Wildman–Crippen MR) is 99.6 cm³/mol. The number of aliphatic hydroxyl groups excluding tert-OH is 4. The fourth-order valence-electron chi connectivity index (χ4n) is 1.72. The van der Waals surface area contributed by atoms with Gasteiger partial charge in [0.15, 0.2) is 0 Å². The smallest absolute Gasteiger partial charge is 0.240 e. The Hall–Kier alpha value is -2.96. The molecule has 0 spiro atoms. The van der Waals surface area contributed by atoms with E-state index in [0.29, 0.717) is 11.4 Å². The summed E-state index contributed by atoms with van der Waals surface area (Å²) < 4.78 is 0. The van der Waals surface area contributed by atoms with E-state index in [4.69, 9.17) is 20.4 Å². The highest BCUT2D eigenvalue weighted by Gasteiger charge is 1.97. The van der Waals surface area contributed by atoms with E-state index in [2.05, 4.69) is 9.98 Å². The fraction of sp³-hybridized carbons (Fsp3) is 0.263. The first-order valence-electron chi connectivity index (χ1n) is 7.92. The lowest BCUT2D eigenvalue weighted by atomic mass is 10.0. The van der Waals surface area contributed by atoms with Crippen LogP contribution in [0.4, 0.5) is 11.4 Å². The second-order valence-corrected chi connectivity index (χ2v) is 4.81. The third-order valence-electron chi connectivity index (χ3n) is 2.83. The molecule has 0 aliphatic heterocycles. The van der Waals surface area contributed by atoms with Crippen LogP contribution in [-0.4, -0.2) is 59.0 Å². The molecule has 8 nitrogen and oxygen atoms in total. The van der Waals surface area contributed by atoms with E-state index in [-0.39, 0.29) is 26.4 Å². The van der Waals surface area contributed by atoms with Gasteiger partial charge in [0.05, 0.1) is 37.8 Å². The summed E-state index contributed by atoms with van der Waals surface area (Å²) in [5, 5.41) is 30.5. The highest BCUT2D eigenvalue weighted by Crippen LogP contribution is 2.17. The van der Waals surface area contributed by atoms with Crippen molar-refractivity contribution in [1.29, 1.82) is 0 Å². The topological polar surface area (TPSA) is 140 Å². The minimum absolute atomic E-state index is 0.125. The Labute approximate surface area is 156 Å². The van der Waals surface area contributed by atoms with Gasteiger partial charge in [-0.1, -0.05) is 24.3 Å². The van der Waals surface area contributed by atoms with E-state index in [0.717, 1.165) is 17.5 Å². The van der Waals surface area contributed by atoms with Crippen molar-refractivity contribution < 1.29 is 30.0 Å². The molecule has 0 saturated heterocycles. The molecule has 0 heterocycles. The van der Waals surface area contributed by atoms with Gasteiger partial charge in [-0.25, -0.2) is 9.59 Å². The van der Waals surface area contributed by atoms with Crippen LogP contribution in [0.2, 0.25) is 0 Å². The monoisotopic (exact) mass is 374 g/mol. The Morgan fingerprint density at radius 1 is 0.593 bits per heavy atom. The Balaban J connectivity index is 0.000000718. The number of rotatable bonds is 6. The van der Waals surface area contributed by atoms with Gasteiger partial charge < -0.3 is 20.4 Å². The minimum Gasteiger partial charge on any atom is -0.394 e. The highest BCUT2D eigenvalue weighted by atomic mass is 16.3. The van der Waals surface area contributed by atoms with Crippen LogP contribution in [-0.2, 0) is 16.0 Å². The fourth-order valence-corrected chi connectivity index (χ4v) is 1.72. The zero-order chi connectivity index (χ0) is 20.3. The molecule has 0 aliphatic carbocycles. The molecule has 0 unspecified atom stereocenters. The summed E-state index contributed by atoms with van der Waals surface area (Å²) in [6, 6.07) is 14.7. The van der Waals surface area contributed by atoms with Crippen molar-refractivity contribution in [3.05, 3.63) is 59.7 Å². The van der Waals surface area contributed by atoms with Crippen LogP contribution in [0.1, 0.15) is 11.1 Å². The molecule has 0 aromatic heterocycles. The van der Waals surface area contributed by atoms with Crippen LogP contribution in [0, 0.1) is 0 Å². The maximum atomic E-state index is 10.1. The van der Waals surface area contributed by atoms with Crippen LogP contribution in [0.15, 0.2) is 58.5 Å². The zero-order valence-corrected chi connectivity index (χ0v) is 14.7. The summed E-state index contributed by atoms with van der Waals surface area (Å²) >= 11 is 0. The highest BCUT2D eigenvalue weighted by molar-refractivity contribution is 5.51. The average Bonchev–Trinajstić information content (AvgIpc) is 2.72. The summed E-state index contributed by atoms with van der Waals surface area (Å²) in [7, 11) is 0. The molecular weight excluding hydrogens is 352 g/mol. The molecule has 0 amide bonds. The van der Waals surface area contributed by atoms with Gasteiger partial charge >= 0.3 is 0 Å². The van der Waals surface area contributed by atoms with E-state index in [1.165, 1.54) is 12.2 Å². The van der Waals surface area contributed by atoms with Crippen LogP contribution < -0.4 is 0 Å². The quantitative estimate of drug-likeness (QED) is 0.442. The number of aliphatic hydroxyl groups is 4. The molecule has 0 saturated carbocycles. The van der Waals surface area contributed by atoms with Crippen LogP contribution in [0.25, 0.3) is 0 Å². The number of isocyanates is 2. The summed E-state index contributed by atoms with van der Waals surface area (Å²) in [5.41, 5.74) is 3.40. The van der Waals surface area contributed by atoms with E-state index in [9.17, 15) is 9.59 Å². The Kier molecular flexibility index (Phi) is 14.7. The van der Waals surface area contributed by atoms with E-state index < -0.39 is 0 Å². The lowest BCUT2D eigenvalue weighted by Crippen LogP contribution is -1.86. The second kappa shape index (κ2) is 16.5. The Morgan fingerprint density at radius 3 is 1.11 bits per heavy atom. The Bertz CT molecular complexity index is 651. The predicted octanol–water partition coefficient (Wildman–Crippen LogP) is 1.15. The first kappa shape index (κ1) is 24.0. The van der Waals surface area contributed by atoms with Crippen molar-refractivity contribution >= 4 is 23.5 Å². The van der Waals surface area contributed by atoms with Crippen LogP contribution in [0.3, 0.4) is 0 Å². The summed E-state index contributed by atoms with van der Waals surface area (Å²) in [4.78, 5) is 27.3. The van der Waals surface area contributed by atoms with Gasteiger partial charge in [0.2, 0.25) is 12.2 Å². The van der Waals surface area contributed by atoms with Gasteiger partial charge in [0, 0.05) is 0 Å². The molecule has 27 heavy (non-hydrogen) atoms. The van der Waals surface area contributed by atoms with Gasteiger partial charge in [-0.15, -0.1) is 0 Å². The first-order valence-corrected chi connectivity index (χ1v) is 7.92. The third kappa shape index (κ3) is 12.1. The molecule has 0 atom stereocenters. The lowest BCUT2D eigenvalue weighted by molar-refractivity contribution is 0.186. The SMILES string of the molecule is O=C=Nc1ccc(Cc2ccc(N=C=O)cc2)cc1.OCCO.OCCO. The molecule has 0 bridgehead atoms. The van der Waals surface area contributed by atoms with Crippen molar-refractivity contribution in [2.75, 3.05) is 26.4 Å². The molecule has 2 aromatic rings. The molecule has 0 radical (unpaired) electrons. The average molecular weight is 374 g/mol. The number of aliphatic imine (C=N–C) groups is 2. The number of benzene rings is 2. The molecule has 8 heteroatoms. The van der Waals surface area contributed by atoms with E-state index in [1.54, 1.807) is 24.3 Å². The maximum Gasteiger partial charge on any atom is 0.240 e. The second-order valence-electron chi connectivity index (χ2n) is 4.81. The largest absolute Gasteiger partial charge is 0.394 e. The minimum atomic E-state index is -0.125.